The smallest absolute Gasteiger partial charge is 0.250 e. The molecule has 1 fully saturated rings. The van der Waals surface area contributed by atoms with Crippen molar-refractivity contribution in [1.82, 2.24) is 4.72 Å². The lowest BCUT2D eigenvalue weighted by atomic mass is 9.98. The van der Waals surface area contributed by atoms with Crippen molar-refractivity contribution in [2.75, 3.05) is 0 Å². The highest BCUT2D eigenvalue weighted by molar-refractivity contribution is 7.91. The van der Waals surface area contributed by atoms with Gasteiger partial charge < -0.3 is 10.9 Å². The van der Waals surface area contributed by atoms with Crippen LogP contribution < -0.4 is 10.5 Å². The average Bonchev–Trinajstić information content (AvgIpc) is 3.06. The summed E-state index contributed by atoms with van der Waals surface area (Å²) in [5, 5.41) is 11.9. The molecule has 0 atom stereocenters. The van der Waals surface area contributed by atoms with Gasteiger partial charge in [-0.1, -0.05) is 24.9 Å². The van der Waals surface area contributed by atoms with E-state index in [1.165, 1.54) is 11.3 Å². The van der Waals surface area contributed by atoms with Crippen LogP contribution in [0.4, 0.5) is 0 Å². The first-order chi connectivity index (χ1) is 9.43. The molecule has 8 heteroatoms. The van der Waals surface area contributed by atoms with Crippen LogP contribution in [0.2, 0.25) is 0 Å². The largest absolute Gasteiger partial charge is 0.409 e. The van der Waals surface area contributed by atoms with E-state index >= 15 is 0 Å². The van der Waals surface area contributed by atoms with Crippen LogP contribution in [-0.4, -0.2) is 25.0 Å². The predicted molar refractivity (Wildman–Crippen MR) is 78.6 cm³/mol. The lowest BCUT2D eigenvalue weighted by Gasteiger charge is -2.27. The standard InChI is InChI=1S/C12H19N3O3S2/c1-2-9-5-6-10(19-9)20(17,18)15-12(11(13)14-16)7-3-4-8-12/h5-6,15-16H,2-4,7-8H2,1H3,(H2,13,14). The number of nitrogens with one attached hydrogen (secondary N) is 1. The zero-order chi connectivity index (χ0) is 14.8. The molecule has 1 saturated carbocycles. The van der Waals surface area contributed by atoms with Crippen molar-refractivity contribution in [3.63, 3.8) is 0 Å². The van der Waals surface area contributed by atoms with Crippen molar-refractivity contribution in [1.29, 1.82) is 0 Å². The second-order valence-corrected chi connectivity index (χ2v) is 8.03. The maximum atomic E-state index is 12.5. The van der Waals surface area contributed by atoms with Gasteiger partial charge in [-0.05, 0) is 31.4 Å². The molecule has 0 bridgehead atoms. The molecule has 1 aromatic heterocycles. The number of hydrogen-bond donors (Lipinski definition) is 3. The second-order valence-electron chi connectivity index (χ2n) is 4.95. The maximum Gasteiger partial charge on any atom is 0.250 e. The van der Waals surface area contributed by atoms with E-state index in [4.69, 9.17) is 10.9 Å². The number of nitrogens with zero attached hydrogens (tertiary/aromatic N) is 1. The number of thiophene rings is 1. The average molecular weight is 317 g/mol. The number of aryl methyl sites for hydroxylation is 1. The fourth-order valence-corrected chi connectivity index (χ4v) is 5.22. The lowest BCUT2D eigenvalue weighted by molar-refractivity contribution is 0.310. The molecule has 0 aliphatic heterocycles. The fraction of sp³-hybridized carbons (Fsp3) is 0.583. The van der Waals surface area contributed by atoms with Gasteiger partial charge in [0.2, 0.25) is 0 Å². The molecule has 6 nitrogen and oxygen atoms in total. The Morgan fingerprint density at radius 3 is 2.65 bits per heavy atom. The first kappa shape index (κ1) is 15.3. The molecule has 1 heterocycles. The van der Waals surface area contributed by atoms with Gasteiger partial charge in [-0.2, -0.15) is 4.72 Å². The summed E-state index contributed by atoms with van der Waals surface area (Å²) >= 11 is 1.25. The predicted octanol–water partition coefficient (Wildman–Crippen LogP) is 1.65. The number of oxime groups is 1. The van der Waals surface area contributed by atoms with E-state index in [1.54, 1.807) is 6.07 Å². The van der Waals surface area contributed by atoms with Gasteiger partial charge in [0, 0.05) is 4.88 Å². The molecule has 0 radical (unpaired) electrons. The van der Waals surface area contributed by atoms with Gasteiger partial charge in [0.25, 0.3) is 10.0 Å². The van der Waals surface area contributed by atoms with E-state index in [-0.39, 0.29) is 10.0 Å². The molecule has 20 heavy (non-hydrogen) atoms. The number of nitrogens with two attached hydrogens (primary N) is 1. The van der Waals surface area contributed by atoms with E-state index < -0.39 is 15.6 Å². The summed E-state index contributed by atoms with van der Waals surface area (Å²) in [5.41, 5.74) is 4.75. The summed E-state index contributed by atoms with van der Waals surface area (Å²) in [7, 11) is -3.65. The van der Waals surface area contributed by atoms with Gasteiger partial charge in [-0.15, -0.1) is 11.3 Å². The number of rotatable bonds is 5. The van der Waals surface area contributed by atoms with Crippen LogP contribution in [0.1, 0.15) is 37.5 Å². The van der Waals surface area contributed by atoms with Gasteiger partial charge in [0.05, 0.1) is 5.54 Å². The van der Waals surface area contributed by atoms with Crippen molar-refractivity contribution < 1.29 is 13.6 Å². The van der Waals surface area contributed by atoms with Crippen LogP contribution in [0.5, 0.6) is 0 Å². The molecular weight excluding hydrogens is 298 g/mol. The Hall–Kier alpha value is -1.12. The number of amidine groups is 1. The highest BCUT2D eigenvalue weighted by Crippen LogP contribution is 2.32. The Kier molecular flexibility index (Phi) is 4.36. The minimum Gasteiger partial charge on any atom is -0.409 e. The summed E-state index contributed by atoms with van der Waals surface area (Å²) in [6.45, 7) is 1.98. The van der Waals surface area contributed by atoms with Gasteiger partial charge in [-0.3, -0.25) is 0 Å². The quantitative estimate of drug-likeness (QED) is 0.332. The van der Waals surface area contributed by atoms with E-state index in [0.29, 0.717) is 12.8 Å². The molecule has 1 aliphatic rings. The molecule has 0 spiro atoms. The minimum atomic E-state index is -3.65. The van der Waals surface area contributed by atoms with Crippen molar-refractivity contribution >= 4 is 27.2 Å². The van der Waals surface area contributed by atoms with E-state index in [9.17, 15) is 8.42 Å². The van der Waals surface area contributed by atoms with Crippen molar-refractivity contribution in [2.24, 2.45) is 10.9 Å². The Labute approximate surface area is 122 Å². The molecule has 112 valence electrons. The molecule has 0 aromatic carbocycles. The van der Waals surface area contributed by atoms with E-state index in [0.717, 1.165) is 24.1 Å². The van der Waals surface area contributed by atoms with Crippen molar-refractivity contribution in [3.05, 3.63) is 17.0 Å². The van der Waals surface area contributed by atoms with Gasteiger partial charge in [-0.25, -0.2) is 8.42 Å². The van der Waals surface area contributed by atoms with Crippen LogP contribution in [0.15, 0.2) is 21.5 Å². The van der Waals surface area contributed by atoms with E-state index in [1.807, 2.05) is 13.0 Å². The number of sulfonamides is 1. The van der Waals surface area contributed by atoms with Crippen molar-refractivity contribution in [3.8, 4) is 0 Å². The van der Waals surface area contributed by atoms with Gasteiger partial charge in [0.1, 0.15) is 4.21 Å². The first-order valence-electron chi connectivity index (χ1n) is 6.54. The Bertz CT molecular complexity index is 601. The zero-order valence-electron chi connectivity index (χ0n) is 11.3. The molecule has 1 aromatic rings. The molecular formula is C12H19N3O3S2. The SMILES string of the molecule is CCc1ccc(S(=O)(=O)NC2(C(N)=NO)CCCC2)s1. The fourth-order valence-electron chi connectivity index (χ4n) is 2.48. The highest BCUT2D eigenvalue weighted by atomic mass is 32.2. The zero-order valence-corrected chi connectivity index (χ0v) is 12.9. The van der Waals surface area contributed by atoms with Crippen LogP contribution in [0.25, 0.3) is 0 Å². The van der Waals surface area contributed by atoms with E-state index in [2.05, 4.69) is 9.88 Å². The Balaban J connectivity index is 2.30. The summed E-state index contributed by atoms with van der Waals surface area (Å²) in [4.78, 5) is 1.01. The van der Waals surface area contributed by atoms with Crippen LogP contribution in [0, 0.1) is 0 Å². The lowest BCUT2D eigenvalue weighted by Crippen LogP contribution is -2.55. The second kappa shape index (κ2) is 5.71. The van der Waals surface area contributed by atoms with Gasteiger partial charge in [0.15, 0.2) is 5.84 Å². The molecule has 2 rings (SSSR count). The third-order valence-electron chi connectivity index (χ3n) is 3.64. The normalized spacial score (nSPS) is 19.4. The maximum absolute atomic E-state index is 12.5. The van der Waals surface area contributed by atoms with Gasteiger partial charge >= 0.3 is 0 Å². The molecule has 0 saturated heterocycles. The summed E-state index contributed by atoms with van der Waals surface area (Å²) < 4.78 is 27.8. The molecule has 4 N–H and O–H groups in total. The van der Waals surface area contributed by atoms with Crippen LogP contribution in [0.3, 0.4) is 0 Å². The molecule has 0 unspecified atom stereocenters. The molecule has 0 amide bonds. The third kappa shape index (κ3) is 2.82. The Morgan fingerprint density at radius 2 is 2.15 bits per heavy atom. The first-order valence-corrected chi connectivity index (χ1v) is 8.84. The topological polar surface area (TPSA) is 105 Å². The summed E-state index contributed by atoms with van der Waals surface area (Å²) in [6.07, 6.45) is 3.60. The number of hydrogen-bond acceptors (Lipinski definition) is 5. The summed E-state index contributed by atoms with van der Waals surface area (Å²) in [5.74, 6) is -0.0640. The summed E-state index contributed by atoms with van der Waals surface area (Å²) in [6, 6.07) is 3.41. The molecule has 1 aliphatic carbocycles. The third-order valence-corrected chi connectivity index (χ3v) is 6.89. The van der Waals surface area contributed by atoms with Crippen LogP contribution >= 0.6 is 11.3 Å². The van der Waals surface area contributed by atoms with Crippen LogP contribution in [-0.2, 0) is 16.4 Å². The highest BCUT2D eigenvalue weighted by Gasteiger charge is 2.42. The minimum absolute atomic E-state index is 0.0640. The Morgan fingerprint density at radius 1 is 1.50 bits per heavy atom. The monoisotopic (exact) mass is 317 g/mol. The van der Waals surface area contributed by atoms with Crippen molar-refractivity contribution in [2.45, 2.75) is 48.8 Å².